The van der Waals surface area contributed by atoms with Crippen molar-refractivity contribution in [2.24, 2.45) is 5.41 Å². The topological polar surface area (TPSA) is 0 Å². The summed E-state index contributed by atoms with van der Waals surface area (Å²) in [6.45, 7) is 8.96. The molecule has 15 heavy (non-hydrogen) atoms. The van der Waals surface area contributed by atoms with Crippen LogP contribution < -0.4 is 0 Å². The highest BCUT2D eigenvalue weighted by atomic mass is 14.1. The van der Waals surface area contributed by atoms with Crippen LogP contribution in [0.2, 0.25) is 0 Å². The van der Waals surface area contributed by atoms with E-state index >= 15 is 0 Å². The van der Waals surface area contributed by atoms with E-state index in [0.717, 1.165) is 25.7 Å². The monoisotopic (exact) mass is 206 g/mol. The summed E-state index contributed by atoms with van der Waals surface area (Å²) in [5, 5.41) is 0. The molecule has 0 fully saturated rings. The van der Waals surface area contributed by atoms with Crippen LogP contribution in [-0.4, -0.2) is 0 Å². The number of hydrogen-bond donors (Lipinski definition) is 0. The number of rotatable bonds is 6. The Morgan fingerprint density at radius 1 is 0.733 bits per heavy atom. The Labute approximate surface area is 95.8 Å². The predicted octanol–water partition coefficient (Wildman–Crippen LogP) is 5.28. The molecule has 0 aliphatic rings. The van der Waals surface area contributed by atoms with Crippen LogP contribution in [0.3, 0.4) is 0 Å². The SMILES string of the molecule is CC/C=C\C/C=C\C/C=C\CC(C)(C)C. The Balaban J connectivity index is 3.48. The van der Waals surface area contributed by atoms with Crippen molar-refractivity contribution in [2.75, 3.05) is 0 Å². The zero-order valence-corrected chi connectivity index (χ0v) is 10.8. The summed E-state index contributed by atoms with van der Waals surface area (Å²) in [6, 6.07) is 0. The van der Waals surface area contributed by atoms with Gasteiger partial charge in [-0.05, 0) is 31.1 Å². The molecule has 0 aromatic carbocycles. The van der Waals surface area contributed by atoms with Gasteiger partial charge >= 0.3 is 0 Å². The highest BCUT2D eigenvalue weighted by Gasteiger charge is 2.05. The fraction of sp³-hybridized carbons (Fsp3) is 0.600. The van der Waals surface area contributed by atoms with Gasteiger partial charge in [-0.1, -0.05) is 64.2 Å². The zero-order valence-electron chi connectivity index (χ0n) is 10.8. The number of hydrogen-bond acceptors (Lipinski definition) is 0. The first-order chi connectivity index (χ1) is 7.06. The fourth-order valence-electron chi connectivity index (χ4n) is 1.15. The lowest BCUT2D eigenvalue weighted by molar-refractivity contribution is 0.420. The minimum atomic E-state index is 0.421. The molecule has 0 rings (SSSR count). The van der Waals surface area contributed by atoms with Crippen LogP contribution >= 0.6 is 0 Å². The van der Waals surface area contributed by atoms with Gasteiger partial charge < -0.3 is 0 Å². The summed E-state index contributed by atoms with van der Waals surface area (Å²) in [5.74, 6) is 0. The summed E-state index contributed by atoms with van der Waals surface area (Å²) in [6.07, 6.45) is 17.9. The van der Waals surface area contributed by atoms with Gasteiger partial charge in [0.2, 0.25) is 0 Å². The summed E-state index contributed by atoms with van der Waals surface area (Å²) in [4.78, 5) is 0. The van der Waals surface area contributed by atoms with Crippen molar-refractivity contribution in [3.63, 3.8) is 0 Å². The summed E-state index contributed by atoms with van der Waals surface area (Å²) < 4.78 is 0. The van der Waals surface area contributed by atoms with Gasteiger partial charge in [-0.25, -0.2) is 0 Å². The molecule has 0 bridgehead atoms. The minimum Gasteiger partial charge on any atom is -0.0885 e. The zero-order chi connectivity index (χ0) is 11.6. The molecule has 0 aromatic heterocycles. The van der Waals surface area contributed by atoms with Gasteiger partial charge in [0, 0.05) is 0 Å². The molecule has 0 saturated carbocycles. The molecular weight excluding hydrogens is 180 g/mol. The predicted molar refractivity (Wildman–Crippen MR) is 71.0 cm³/mol. The Kier molecular flexibility index (Phi) is 8.08. The fourth-order valence-corrected chi connectivity index (χ4v) is 1.15. The van der Waals surface area contributed by atoms with E-state index in [0.29, 0.717) is 5.41 Å². The molecule has 0 N–H and O–H groups in total. The molecule has 0 heteroatoms. The molecule has 0 atom stereocenters. The van der Waals surface area contributed by atoms with Gasteiger partial charge in [0.15, 0.2) is 0 Å². The molecule has 0 aromatic rings. The van der Waals surface area contributed by atoms with Gasteiger partial charge in [-0.3, -0.25) is 0 Å². The summed E-state index contributed by atoms with van der Waals surface area (Å²) in [5.41, 5.74) is 0.421. The normalized spacial score (nSPS) is 13.6. The highest BCUT2D eigenvalue weighted by Crippen LogP contribution is 2.18. The third-order valence-corrected chi connectivity index (χ3v) is 2.01. The van der Waals surface area contributed by atoms with Crippen molar-refractivity contribution in [1.29, 1.82) is 0 Å². The molecular formula is C15H26. The van der Waals surface area contributed by atoms with Gasteiger partial charge in [0.1, 0.15) is 0 Å². The highest BCUT2D eigenvalue weighted by molar-refractivity contribution is 4.97. The van der Waals surface area contributed by atoms with Crippen molar-refractivity contribution in [3.05, 3.63) is 36.5 Å². The smallest absolute Gasteiger partial charge is 0.0169 e. The van der Waals surface area contributed by atoms with E-state index < -0.39 is 0 Å². The quantitative estimate of drug-likeness (QED) is 0.518. The Morgan fingerprint density at radius 2 is 1.20 bits per heavy atom. The second kappa shape index (κ2) is 8.52. The van der Waals surface area contributed by atoms with E-state index in [2.05, 4.69) is 64.2 Å². The maximum absolute atomic E-state index is 2.28. The van der Waals surface area contributed by atoms with E-state index in [-0.39, 0.29) is 0 Å². The summed E-state index contributed by atoms with van der Waals surface area (Å²) >= 11 is 0. The maximum atomic E-state index is 2.28. The second-order valence-electron chi connectivity index (χ2n) is 5.06. The van der Waals surface area contributed by atoms with E-state index in [1.807, 2.05) is 0 Å². The lowest BCUT2D eigenvalue weighted by Crippen LogP contribution is -2.01. The van der Waals surface area contributed by atoms with Crippen molar-refractivity contribution < 1.29 is 0 Å². The summed E-state index contributed by atoms with van der Waals surface area (Å²) in [7, 11) is 0. The Bertz CT molecular complexity index is 211. The van der Waals surface area contributed by atoms with E-state index in [1.54, 1.807) is 0 Å². The molecule has 0 spiro atoms. The van der Waals surface area contributed by atoms with Gasteiger partial charge in [0.25, 0.3) is 0 Å². The first kappa shape index (κ1) is 14.2. The van der Waals surface area contributed by atoms with Crippen molar-refractivity contribution in [3.8, 4) is 0 Å². The first-order valence-corrected chi connectivity index (χ1v) is 6.01. The first-order valence-electron chi connectivity index (χ1n) is 6.01. The maximum Gasteiger partial charge on any atom is -0.0169 e. The second-order valence-corrected chi connectivity index (χ2v) is 5.06. The molecule has 0 amide bonds. The Morgan fingerprint density at radius 3 is 1.67 bits per heavy atom. The van der Waals surface area contributed by atoms with Crippen molar-refractivity contribution >= 4 is 0 Å². The molecule has 0 saturated heterocycles. The van der Waals surface area contributed by atoms with Crippen LogP contribution in [0.25, 0.3) is 0 Å². The molecule has 0 aliphatic carbocycles. The molecule has 0 nitrogen and oxygen atoms in total. The average molecular weight is 206 g/mol. The van der Waals surface area contributed by atoms with E-state index in [4.69, 9.17) is 0 Å². The van der Waals surface area contributed by atoms with Crippen LogP contribution in [0.15, 0.2) is 36.5 Å². The van der Waals surface area contributed by atoms with Gasteiger partial charge in [-0.15, -0.1) is 0 Å². The molecule has 0 radical (unpaired) electrons. The lowest BCUT2D eigenvalue weighted by atomic mass is 9.92. The van der Waals surface area contributed by atoms with Crippen molar-refractivity contribution in [2.45, 2.75) is 53.4 Å². The number of allylic oxidation sites excluding steroid dienone is 6. The molecule has 0 aliphatic heterocycles. The van der Waals surface area contributed by atoms with Crippen molar-refractivity contribution in [1.82, 2.24) is 0 Å². The van der Waals surface area contributed by atoms with Crippen LogP contribution in [0.1, 0.15) is 53.4 Å². The van der Waals surface area contributed by atoms with Crippen LogP contribution in [0, 0.1) is 5.41 Å². The minimum absolute atomic E-state index is 0.421. The van der Waals surface area contributed by atoms with Crippen LogP contribution in [-0.2, 0) is 0 Å². The van der Waals surface area contributed by atoms with Crippen LogP contribution in [0.5, 0.6) is 0 Å². The standard InChI is InChI=1S/C15H26/c1-5-6-7-8-9-10-11-12-13-14-15(2,3)4/h6-7,9-10,12-13H,5,8,11,14H2,1-4H3/b7-6-,10-9-,13-12-. The molecule has 86 valence electrons. The largest absolute Gasteiger partial charge is 0.0885 e. The van der Waals surface area contributed by atoms with Gasteiger partial charge in [-0.2, -0.15) is 0 Å². The molecule has 0 unspecified atom stereocenters. The van der Waals surface area contributed by atoms with E-state index in [1.165, 1.54) is 0 Å². The Hall–Kier alpha value is -0.780. The lowest BCUT2D eigenvalue weighted by Gasteiger charge is -2.14. The van der Waals surface area contributed by atoms with E-state index in [9.17, 15) is 0 Å². The van der Waals surface area contributed by atoms with Crippen LogP contribution in [0.4, 0.5) is 0 Å². The molecule has 0 heterocycles. The average Bonchev–Trinajstić information content (AvgIpc) is 2.14. The third-order valence-electron chi connectivity index (χ3n) is 2.01. The third kappa shape index (κ3) is 13.2. The van der Waals surface area contributed by atoms with Gasteiger partial charge in [0.05, 0.1) is 0 Å².